The molecule has 1 unspecified atom stereocenters. The number of methoxy groups -OCH3 is 1. The summed E-state index contributed by atoms with van der Waals surface area (Å²) in [5.41, 5.74) is 6.73. The van der Waals surface area contributed by atoms with E-state index in [-0.39, 0.29) is 0 Å². The summed E-state index contributed by atoms with van der Waals surface area (Å²) in [4.78, 5) is 0. The molecule has 1 rings (SSSR count). The van der Waals surface area contributed by atoms with E-state index < -0.39 is 0 Å². The second kappa shape index (κ2) is 6.43. The molecule has 0 aromatic heterocycles. The van der Waals surface area contributed by atoms with Gasteiger partial charge in [-0.05, 0) is 32.5 Å². The van der Waals surface area contributed by atoms with Crippen LogP contribution < -0.4 is 15.8 Å². The van der Waals surface area contributed by atoms with Crippen molar-refractivity contribution in [3.8, 4) is 5.75 Å². The van der Waals surface area contributed by atoms with Gasteiger partial charge in [-0.3, -0.25) is 0 Å². The Kier molecular flexibility index (Phi) is 5.15. The van der Waals surface area contributed by atoms with Crippen LogP contribution >= 0.6 is 0 Å². The number of rotatable bonds is 6. The van der Waals surface area contributed by atoms with Gasteiger partial charge in [0, 0.05) is 11.6 Å². The molecule has 3 nitrogen and oxygen atoms in total. The molecule has 0 saturated carbocycles. The van der Waals surface area contributed by atoms with Crippen molar-refractivity contribution < 1.29 is 4.74 Å². The second-order valence-electron chi connectivity index (χ2n) is 3.51. The third-order valence-electron chi connectivity index (χ3n) is 2.56. The molecule has 0 heterocycles. The number of ether oxygens (including phenoxy) is 1. The van der Waals surface area contributed by atoms with Crippen molar-refractivity contribution in [1.82, 2.24) is 5.32 Å². The SMILES string of the molecule is CNC(CCCN)c1ccccc1OC. The lowest BCUT2D eigenvalue weighted by Crippen LogP contribution is -2.18. The quantitative estimate of drug-likeness (QED) is 0.748. The topological polar surface area (TPSA) is 47.3 Å². The van der Waals surface area contributed by atoms with Gasteiger partial charge in [-0.25, -0.2) is 0 Å². The molecular formula is C12H20N2O. The van der Waals surface area contributed by atoms with Crippen molar-refractivity contribution in [1.29, 1.82) is 0 Å². The second-order valence-corrected chi connectivity index (χ2v) is 3.51. The fraction of sp³-hybridized carbons (Fsp3) is 0.500. The van der Waals surface area contributed by atoms with Gasteiger partial charge in [0.25, 0.3) is 0 Å². The van der Waals surface area contributed by atoms with E-state index in [0.717, 1.165) is 25.1 Å². The van der Waals surface area contributed by atoms with E-state index in [0.29, 0.717) is 6.04 Å². The van der Waals surface area contributed by atoms with Gasteiger partial charge in [-0.15, -0.1) is 0 Å². The zero-order valence-electron chi connectivity index (χ0n) is 9.49. The van der Waals surface area contributed by atoms with Crippen molar-refractivity contribution in [2.45, 2.75) is 18.9 Å². The highest BCUT2D eigenvalue weighted by Crippen LogP contribution is 2.27. The molecule has 15 heavy (non-hydrogen) atoms. The molecule has 1 atom stereocenters. The predicted octanol–water partition coefficient (Wildman–Crippen LogP) is 1.69. The van der Waals surface area contributed by atoms with Crippen LogP contribution in [-0.4, -0.2) is 20.7 Å². The van der Waals surface area contributed by atoms with E-state index in [2.05, 4.69) is 11.4 Å². The normalized spacial score (nSPS) is 12.5. The highest BCUT2D eigenvalue weighted by molar-refractivity contribution is 5.35. The molecule has 0 fully saturated rings. The Hall–Kier alpha value is -1.06. The van der Waals surface area contributed by atoms with Crippen LogP contribution in [0.25, 0.3) is 0 Å². The maximum Gasteiger partial charge on any atom is 0.123 e. The molecule has 1 aromatic carbocycles. The summed E-state index contributed by atoms with van der Waals surface area (Å²) < 4.78 is 5.34. The van der Waals surface area contributed by atoms with Crippen LogP contribution in [0.4, 0.5) is 0 Å². The minimum absolute atomic E-state index is 0.324. The third-order valence-corrected chi connectivity index (χ3v) is 2.56. The Bertz CT molecular complexity index is 289. The fourth-order valence-electron chi connectivity index (χ4n) is 1.73. The van der Waals surface area contributed by atoms with Gasteiger partial charge in [0.1, 0.15) is 5.75 Å². The molecule has 84 valence electrons. The number of hydrogen-bond donors (Lipinski definition) is 2. The fourth-order valence-corrected chi connectivity index (χ4v) is 1.73. The Balaban J connectivity index is 2.80. The average Bonchev–Trinajstić information content (AvgIpc) is 2.30. The van der Waals surface area contributed by atoms with Crippen LogP contribution in [0.5, 0.6) is 5.75 Å². The first-order valence-corrected chi connectivity index (χ1v) is 5.33. The number of hydrogen-bond acceptors (Lipinski definition) is 3. The van der Waals surface area contributed by atoms with E-state index in [1.54, 1.807) is 7.11 Å². The maximum atomic E-state index is 5.52. The minimum atomic E-state index is 0.324. The molecule has 0 aliphatic carbocycles. The van der Waals surface area contributed by atoms with Gasteiger partial charge in [0.2, 0.25) is 0 Å². The number of benzene rings is 1. The molecule has 3 heteroatoms. The Morgan fingerprint density at radius 1 is 1.40 bits per heavy atom. The van der Waals surface area contributed by atoms with Crippen LogP contribution in [0.2, 0.25) is 0 Å². The average molecular weight is 208 g/mol. The van der Waals surface area contributed by atoms with E-state index in [1.807, 2.05) is 25.2 Å². The number of nitrogens with one attached hydrogen (secondary N) is 1. The van der Waals surface area contributed by atoms with E-state index in [9.17, 15) is 0 Å². The zero-order chi connectivity index (χ0) is 11.1. The largest absolute Gasteiger partial charge is 0.496 e. The molecule has 0 radical (unpaired) electrons. The Morgan fingerprint density at radius 3 is 2.73 bits per heavy atom. The molecular weight excluding hydrogens is 188 g/mol. The molecule has 1 aromatic rings. The first kappa shape index (κ1) is 12.0. The van der Waals surface area contributed by atoms with E-state index in [1.165, 1.54) is 5.56 Å². The molecule has 0 saturated heterocycles. The lowest BCUT2D eigenvalue weighted by Gasteiger charge is -2.18. The summed E-state index contributed by atoms with van der Waals surface area (Å²) in [5.74, 6) is 0.939. The van der Waals surface area contributed by atoms with Crippen molar-refractivity contribution in [3.05, 3.63) is 29.8 Å². The monoisotopic (exact) mass is 208 g/mol. The van der Waals surface area contributed by atoms with Crippen LogP contribution in [0.15, 0.2) is 24.3 Å². The van der Waals surface area contributed by atoms with Gasteiger partial charge in [0.15, 0.2) is 0 Å². The van der Waals surface area contributed by atoms with Crippen LogP contribution in [0.1, 0.15) is 24.4 Å². The summed E-state index contributed by atoms with van der Waals surface area (Å²) in [6, 6.07) is 8.42. The molecule has 0 bridgehead atoms. The molecule has 0 aliphatic heterocycles. The zero-order valence-corrected chi connectivity index (χ0v) is 9.49. The summed E-state index contributed by atoms with van der Waals surface area (Å²) in [5, 5.41) is 3.29. The van der Waals surface area contributed by atoms with Crippen LogP contribution in [-0.2, 0) is 0 Å². The Morgan fingerprint density at radius 2 is 2.13 bits per heavy atom. The number of nitrogens with two attached hydrogens (primary N) is 1. The summed E-state index contributed by atoms with van der Waals surface area (Å²) >= 11 is 0. The molecule has 0 amide bonds. The first-order valence-electron chi connectivity index (χ1n) is 5.33. The smallest absolute Gasteiger partial charge is 0.123 e. The highest BCUT2D eigenvalue weighted by atomic mass is 16.5. The van der Waals surface area contributed by atoms with E-state index in [4.69, 9.17) is 10.5 Å². The van der Waals surface area contributed by atoms with Crippen LogP contribution in [0.3, 0.4) is 0 Å². The lowest BCUT2D eigenvalue weighted by atomic mass is 10.0. The summed E-state index contributed by atoms with van der Waals surface area (Å²) in [7, 11) is 3.67. The van der Waals surface area contributed by atoms with Gasteiger partial charge >= 0.3 is 0 Å². The van der Waals surface area contributed by atoms with Crippen molar-refractivity contribution in [2.75, 3.05) is 20.7 Å². The molecule has 0 spiro atoms. The third kappa shape index (κ3) is 3.22. The molecule has 0 aliphatic rings. The van der Waals surface area contributed by atoms with Crippen LogP contribution in [0, 0.1) is 0 Å². The van der Waals surface area contributed by atoms with Crippen molar-refractivity contribution >= 4 is 0 Å². The van der Waals surface area contributed by atoms with Crippen molar-refractivity contribution in [3.63, 3.8) is 0 Å². The predicted molar refractivity (Wildman–Crippen MR) is 63.1 cm³/mol. The highest BCUT2D eigenvalue weighted by Gasteiger charge is 2.12. The van der Waals surface area contributed by atoms with Gasteiger partial charge in [0.05, 0.1) is 7.11 Å². The first-order chi connectivity index (χ1) is 7.33. The van der Waals surface area contributed by atoms with Crippen molar-refractivity contribution in [2.24, 2.45) is 5.73 Å². The maximum absolute atomic E-state index is 5.52. The van der Waals surface area contributed by atoms with Gasteiger partial charge in [-0.2, -0.15) is 0 Å². The van der Waals surface area contributed by atoms with Gasteiger partial charge in [-0.1, -0.05) is 18.2 Å². The molecule has 3 N–H and O–H groups in total. The van der Waals surface area contributed by atoms with Gasteiger partial charge < -0.3 is 15.8 Å². The Labute approximate surface area is 91.6 Å². The number of para-hydroxylation sites is 1. The summed E-state index contributed by atoms with van der Waals surface area (Å²) in [6.07, 6.45) is 2.05. The standard InChI is InChI=1S/C12H20N2O/c1-14-11(7-5-9-13)10-6-3-4-8-12(10)15-2/h3-4,6,8,11,14H,5,7,9,13H2,1-2H3. The minimum Gasteiger partial charge on any atom is -0.496 e. The lowest BCUT2D eigenvalue weighted by molar-refractivity contribution is 0.398. The van der Waals surface area contributed by atoms with E-state index >= 15 is 0 Å². The summed E-state index contributed by atoms with van der Waals surface area (Å²) in [6.45, 7) is 0.729.